The van der Waals surface area contributed by atoms with E-state index in [1.54, 1.807) is 12.1 Å². The largest absolute Gasteiger partial charge is 0.490 e. The lowest BCUT2D eigenvalue weighted by Gasteiger charge is -2.12. The summed E-state index contributed by atoms with van der Waals surface area (Å²) in [4.78, 5) is 10.4. The number of nitro benzene ring substituents is 1. The van der Waals surface area contributed by atoms with E-state index in [2.05, 4.69) is 0 Å². The van der Waals surface area contributed by atoms with Gasteiger partial charge in [0.1, 0.15) is 0 Å². The van der Waals surface area contributed by atoms with Gasteiger partial charge in [-0.25, -0.2) is 0 Å². The Hall–Kier alpha value is -1.37. The molecule has 0 spiro atoms. The Kier molecular flexibility index (Phi) is 6.48. The van der Waals surface area contributed by atoms with E-state index < -0.39 is 11.0 Å². The molecule has 0 amide bonds. The Morgan fingerprint density at radius 1 is 1.59 bits per heavy atom. The Labute approximate surface area is 105 Å². The van der Waals surface area contributed by atoms with E-state index in [0.717, 1.165) is 0 Å². The number of benzene rings is 1. The second-order valence-electron chi connectivity index (χ2n) is 3.27. The standard InChI is InChI=1S/C10H14N2O4.ClH/c1-16-9-4-2-3-7(8(11)5-6-13)10(9)12(14)15;/h2-4,8,13H,5-6,11H2,1H3;1H. The van der Waals surface area contributed by atoms with Crippen molar-refractivity contribution in [1.29, 1.82) is 0 Å². The molecule has 1 rings (SSSR count). The van der Waals surface area contributed by atoms with Gasteiger partial charge >= 0.3 is 5.69 Å². The third-order valence-electron chi connectivity index (χ3n) is 2.27. The van der Waals surface area contributed by atoms with Crippen molar-refractivity contribution in [1.82, 2.24) is 0 Å². The summed E-state index contributed by atoms with van der Waals surface area (Å²) < 4.78 is 4.92. The van der Waals surface area contributed by atoms with Crippen LogP contribution in [0.4, 0.5) is 5.69 Å². The first-order valence-electron chi connectivity index (χ1n) is 4.79. The number of nitrogens with zero attached hydrogens (tertiary/aromatic N) is 1. The minimum atomic E-state index is -0.569. The number of aliphatic hydroxyl groups excluding tert-OH is 1. The predicted octanol–water partition coefficient (Wildman–Crippen LogP) is 1.41. The molecule has 96 valence electrons. The maximum Gasteiger partial charge on any atom is 0.315 e. The highest BCUT2D eigenvalue weighted by Crippen LogP contribution is 2.34. The Morgan fingerprint density at radius 3 is 2.71 bits per heavy atom. The van der Waals surface area contributed by atoms with Gasteiger partial charge in [0.05, 0.1) is 17.6 Å². The smallest absolute Gasteiger partial charge is 0.315 e. The van der Waals surface area contributed by atoms with Gasteiger partial charge in [-0.2, -0.15) is 0 Å². The van der Waals surface area contributed by atoms with Gasteiger partial charge in [-0.1, -0.05) is 12.1 Å². The second kappa shape index (κ2) is 7.05. The molecule has 0 radical (unpaired) electrons. The van der Waals surface area contributed by atoms with E-state index in [-0.39, 0.29) is 36.9 Å². The number of ether oxygens (including phenoxy) is 1. The van der Waals surface area contributed by atoms with Crippen LogP contribution in [-0.2, 0) is 0 Å². The van der Waals surface area contributed by atoms with Gasteiger partial charge in [0.2, 0.25) is 0 Å². The number of aliphatic hydroxyl groups is 1. The van der Waals surface area contributed by atoms with E-state index >= 15 is 0 Å². The van der Waals surface area contributed by atoms with Gasteiger partial charge in [-0.05, 0) is 12.5 Å². The zero-order valence-corrected chi connectivity index (χ0v) is 10.1. The van der Waals surface area contributed by atoms with E-state index in [1.807, 2.05) is 0 Å². The molecule has 1 aromatic carbocycles. The van der Waals surface area contributed by atoms with Crippen LogP contribution in [0.5, 0.6) is 5.75 Å². The third kappa shape index (κ3) is 3.55. The van der Waals surface area contributed by atoms with Crippen molar-refractivity contribution in [3.63, 3.8) is 0 Å². The number of nitro groups is 1. The van der Waals surface area contributed by atoms with Crippen LogP contribution in [0.3, 0.4) is 0 Å². The molecule has 0 aliphatic rings. The fourth-order valence-electron chi connectivity index (χ4n) is 1.49. The van der Waals surface area contributed by atoms with Gasteiger partial charge in [-0.15, -0.1) is 12.4 Å². The number of hydrogen-bond donors (Lipinski definition) is 2. The molecule has 1 atom stereocenters. The highest BCUT2D eigenvalue weighted by molar-refractivity contribution is 5.85. The molecule has 7 heteroatoms. The predicted molar refractivity (Wildman–Crippen MR) is 65.5 cm³/mol. The van der Waals surface area contributed by atoms with Crippen molar-refractivity contribution in [3.05, 3.63) is 33.9 Å². The molecular formula is C10H15ClN2O4. The van der Waals surface area contributed by atoms with Gasteiger partial charge in [-0.3, -0.25) is 10.1 Å². The molecule has 0 bridgehead atoms. The first-order chi connectivity index (χ1) is 7.61. The molecule has 17 heavy (non-hydrogen) atoms. The normalized spacial score (nSPS) is 11.5. The summed E-state index contributed by atoms with van der Waals surface area (Å²) in [6, 6.07) is 4.15. The molecule has 0 aliphatic heterocycles. The minimum absolute atomic E-state index is 0. The molecule has 6 nitrogen and oxygen atoms in total. The fourth-order valence-corrected chi connectivity index (χ4v) is 1.49. The number of nitrogens with two attached hydrogens (primary N) is 1. The van der Waals surface area contributed by atoms with Crippen LogP contribution in [0.25, 0.3) is 0 Å². The molecule has 0 aliphatic carbocycles. The summed E-state index contributed by atoms with van der Waals surface area (Å²) in [5.74, 6) is 0.177. The maximum absolute atomic E-state index is 10.9. The van der Waals surface area contributed by atoms with Crippen LogP contribution >= 0.6 is 12.4 Å². The second-order valence-corrected chi connectivity index (χ2v) is 3.27. The first kappa shape index (κ1) is 15.6. The third-order valence-corrected chi connectivity index (χ3v) is 2.27. The lowest BCUT2D eigenvalue weighted by molar-refractivity contribution is -0.386. The number of para-hydroxylation sites is 1. The summed E-state index contributed by atoms with van der Waals surface area (Å²) in [6.45, 7) is -0.116. The number of rotatable bonds is 5. The zero-order chi connectivity index (χ0) is 12.1. The monoisotopic (exact) mass is 262 g/mol. The van der Waals surface area contributed by atoms with Gasteiger partial charge in [0, 0.05) is 12.6 Å². The van der Waals surface area contributed by atoms with E-state index in [4.69, 9.17) is 15.6 Å². The Balaban J connectivity index is 0.00000256. The van der Waals surface area contributed by atoms with Crippen molar-refractivity contribution in [3.8, 4) is 5.75 Å². The van der Waals surface area contributed by atoms with Crippen LogP contribution in [-0.4, -0.2) is 23.7 Å². The molecule has 0 saturated carbocycles. The lowest BCUT2D eigenvalue weighted by atomic mass is 10.0. The molecule has 3 N–H and O–H groups in total. The first-order valence-corrected chi connectivity index (χ1v) is 4.79. The summed E-state index contributed by atoms with van der Waals surface area (Å²) >= 11 is 0. The quantitative estimate of drug-likeness (QED) is 0.617. The van der Waals surface area contributed by atoms with E-state index in [9.17, 15) is 10.1 Å². The van der Waals surface area contributed by atoms with Crippen LogP contribution in [0.15, 0.2) is 18.2 Å². The van der Waals surface area contributed by atoms with Gasteiger partial charge < -0.3 is 15.6 Å². The van der Waals surface area contributed by atoms with Crippen molar-refractivity contribution in [2.45, 2.75) is 12.5 Å². The average Bonchev–Trinajstić information content (AvgIpc) is 2.28. The van der Waals surface area contributed by atoms with Crippen LogP contribution in [0, 0.1) is 10.1 Å². The van der Waals surface area contributed by atoms with Crippen LogP contribution in [0.2, 0.25) is 0 Å². The van der Waals surface area contributed by atoms with Crippen molar-refractivity contribution in [2.75, 3.05) is 13.7 Å². The summed E-state index contributed by atoms with van der Waals surface area (Å²) in [6.07, 6.45) is 0.272. The van der Waals surface area contributed by atoms with Crippen molar-refractivity contribution in [2.24, 2.45) is 5.73 Å². The molecule has 1 unspecified atom stereocenters. The molecular weight excluding hydrogens is 248 g/mol. The SMILES string of the molecule is COc1cccc(C(N)CCO)c1[N+](=O)[O-].Cl. The molecule has 0 saturated heterocycles. The number of halogens is 1. The molecule has 0 aromatic heterocycles. The number of methoxy groups -OCH3 is 1. The summed E-state index contributed by atoms with van der Waals surface area (Å²) in [5, 5.41) is 19.7. The fraction of sp³-hybridized carbons (Fsp3) is 0.400. The number of hydrogen-bond acceptors (Lipinski definition) is 5. The van der Waals surface area contributed by atoms with Crippen molar-refractivity contribution < 1.29 is 14.8 Å². The highest BCUT2D eigenvalue weighted by Gasteiger charge is 2.23. The summed E-state index contributed by atoms with van der Waals surface area (Å²) in [7, 11) is 1.36. The van der Waals surface area contributed by atoms with E-state index in [1.165, 1.54) is 13.2 Å². The minimum Gasteiger partial charge on any atom is -0.490 e. The molecule has 0 fully saturated rings. The maximum atomic E-state index is 10.9. The average molecular weight is 263 g/mol. The van der Waals surface area contributed by atoms with Crippen LogP contribution in [0.1, 0.15) is 18.0 Å². The zero-order valence-electron chi connectivity index (χ0n) is 9.33. The molecule has 1 aromatic rings. The lowest BCUT2D eigenvalue weighted by Crippen LogP contribution is -2.14. The van der Waals surface area contributed by atoms with Crippen LogP contribution < -0.4 is 10.5 Å². The van der Waals surface area contributed by atoms with Crippen molar-refractivity contribution >= 4 is 18.1 Å². The van der Waals surface area contributed by atoms with E-state index in [0.29, 0.717) is 5.56 Å². The Morgan fingerprint density at radius 2 is 2.24 bits per heavy atom. The van der Waals surface area contributed by atoms with Gasteiger partial charge in [0.15, 0.2) is 5.75 Å². The topological polar surface area (TPSA) is 98.6 Å². The van der Waals surface area contributed by atoms with Gasteiger partial charge in [0.25, 0.3) is 0 Å². The Bertz CT molecular complexity index is 387. The highest BCUT2D eigenvalue weighted by atomic mass is 35.5. The molecule has 0 heterocycles. The summed E-state index contributed by atoms with van der Waals surface area (Å²) in [5.41, 5.74) is 5.99.